The van der Waals surface area contributed by atoms with Crippen LogP contribution < -0.4 is 14.4 Å². The van der Waals surface area contributed by atoms with Gasteiger partial charge in [0.1, 0.15) is 12.4 Å². The Morgan fingerprint density at radius 3 is 2.65 bits per heavy atom. The summed E-state index contributed by atoms with van der Waals surface area (Å²) in [5, 5.41) is 8.45. The minimum atomic E-state index is -0.466. The van der Waals surface area contributed by atoms with Crippen LogP contribution >= 0.6 is 11.8 Å². The lowest BCUT2D eigenvalue weighted by Gasteiger charge is -2.35. The van der Waals surface area contributed by atoms with Gasteiger partial charge in [-0.3, -0.25) is 4.79 Å². The molecule has 1 atom stereocenters. The number of piperazine rings is 1. The first-order valence-corrected chi connectivity index (χ1v) is 11.0. The Kier molecular flexibility index (Phi) is 5.61. The van der Waals surface area contributed by atoms with E-state index in [0.29, 0.717) is 42.3 Å². The fourth-order valence-electron chi connectivity index (χ4n) is 3.49. The summed E-state index contributed by atoms with van der Waals surface area (Å²) in [6.45, 7) is 3.15. The summed E-state index contributed by atoms with van der Waals surface area (Å²) in [6.07, 6.45) is 1.32. The minimum absolute atomic E-state index is 0.0524. The van der Waals surface area contributed by atoms with E-state index in [1.54, 1.807) is 6.20 Å². The molecule has 31 heavy (non-hydrogen) atoms. The maximum atomic E-state index is 12.6. The fraction of sp³-hybridized carbons (Fsp3) is 0.333. The van der Waals surface area contributed by atoms with Gasteiger partial charge in [0.2, 0.25) is 12.0 Å². The zero-order chi connectivity index (χ0) is 21.0. The molecule has 160 valence electrons. The van der Waals surface area contributed by atoms with E-state index >= 15 is 0 Å². The van der Waals surface area contributed by atoms with E-state index < -0.39 is 6.10 Å². The Bertz CT molecular complexity index is 1040. The number of aromatic nitrogens is 3. The molecule has 1 fully saturated rings. The first-order valence-electron chi connectivity index (χ1n) is 10.0. The van der Waals surface area contributed by atoms with Gasteiger partial charge in [0, 0.05) is 32.4 Å². The maximum absolute atomic E-state index is 12.6. The van der Waals surface area contributed by atoms with Crippen molar-refractivity contribution < 1.29 is 18.7 Å². The van der Waals surface area contributed by atoms with Gasteiger partial charge in [0.25, 0.3) is 11.1 Å². The van der Waals surface area contributed by atoms with Gasteiger partial charge in [0.15, 0.2) is 11.5 Å². The molecule has 5 rings (SSSR count). The summed E-state index contributed by atoms with van der Waals surface area (Å²) >= 11 is 1.24. The van der Waals surface area contributed by atoms with Crippen molar-refractivity contribution in [2.45, 2.75) is 11.3 Å². The summed E-state index contributed by atoms with van der Waals surface area (Å²) in [4.78, 5) is 21.0. The molecule has 0 spiro atoms. The minimum Gasteiger partial charge on any atom is -0.485 e. The third kappa shape index (κ3) is 4.43. The molecule has 1 aromatic carbocycles. The fourth-order valence-corrected chi connectivity index (χ4v) is 4.16. The van der Waals surface area contributed by atoms with Crippen LogP contribution in [0.15, 0.2) is 58.3 Å². The van der Waals surface area contributed by atoms with E-state index in [-0.39, 0.29) is 11.7 Å². The third-order valence-corrected chi connectivity index (χ3v) is 5.93. The number of pyridine rings is 1. The molecule has 0 bridgehead atoms. The van der Waals surface area contributed by atoms with Crippen LogP contribution in [0.25, 0.3) is 0 Å². The molecule has 0 unspecified atom stereocenters. The number of carbonyl (C=O) groups is 1. The lowest BCUT2D eigenvalue weighted by molar-refractivity contribution is -0.128. The van der Waals surface area contributed by atoms with Crippen molar-refractivity contribution in [3.05, 3.63) is 54.6 Å². The van der Waals surface area contributed by atoms with E-state index in [1.807, 2.05) is 47.4 Å². The lowest BCUT2D eigenvalue weighted by atomic mass is 10.2. The van der Waals surface area contributed by atoms with Crippen molar-refractivity contribution in [1.82, 2.24) is 20.1 Å². The number of ether oxygens (including phenoxy) is 2. The van der Waals surface area contributed by atoms with E-state index in [2.05, 4.69) is 20.1 Å². The molecule has 2 aromatic heterocycles. The number of benzene rings is 1. The van der Waals surface area contributed by atoms with Crippen LogP contribution in [0, 0.1) is 0 Å². The van der Waals surface area contributed by atoms with Crippen LogP contribution in [0.5, 0.6) is 11.5 Å². The highest BCUT2D eigenvalue weighted by Gasteiger charge is 2.28. The average Bonchev–Trinajstić information content (AvgIpc) is 3.32. The molecule has 0 radical (unpaired) electrons. The smallest absolute Gasteiger partial charge is 0.277 e. The molecule has 1 saturated heterocycles. The summed E-state index contributed by atoms with van der Waals surface area (Å²) in [6, 6.07) is 13.3. The third-order valence-electron chi connectivity index (χ3n) is 5.13. The molecule has 1 amide bonds. The van der Waals surface area contributed by atoms with Gasteiger partial charge < -0.3 is 23.7 Å². The monoisotopic (exact) mass is 439 g/mol. The van der Waals surface area contributed by atoms with Gasteiger partial charge in [-0.05, 0) is 24.3 Å². The Balaban J connectivity index is 1.11. The average molecular weight is 439 g/mol. The number of nitrogens with zero attached hydrogens (tertiary/aromatic N) is 5. The Hall–Kier alpha value is -3.27. The van der Waals surface area contributed by atoms with E-state index in [0.717, 1.165) is 18.9 Å². The molecule has 4 heterocycles. The Morgan fingerprint density at radius 1 is 1.03 bits per heavy atom. The first kappa shape index (κ1) is 19.7. The number of carbonyl (C=O) groups excluding carboxylic acids is 1. The lowest BCUT2D eigenvalue weighted by Crippen LogP contribution is -2.49. The topological polar surface area (TPSA) is 93.8 Å². The van der Waals surface area contributed by atoms with Crippen molar-refractivity contribution >= 4 is 23.5 Å². The highest BCUT2D eigenvalue weighted by Crippen LogP contribution is 2.35. The summed E-state index contributed by atoms with van der Waals surface area (Å²) < 4.78 is 17.3. The second-order valence-corrected chi connectivity index (χ2v) is 8.04. The number of amides is 1. The predicted molar refractivity (Wildman–Crippen MR) is 113 cm³/mol. The van der Waals surface area contributed by atoms with Crippen LogP contribution in [0.1, 0.15) is 12.0 Å². The molecule has 3 aromatic rings. The number of thioether (sulfide) groups is 1. The molecule has 10 heteroatoms. The summed E-state index contributed by atoms with van der Waals surface area (Å²) in [5.74, 6) is 2.92. The van der Waals surface area contributed by atoms with Crippen LogP contribution in [0.3, 0.4) is 0 Å². The quantitative estimate of drug-likeness (QED) is 0.556. The zero-order valence-corrected chi connectivity index (χ0v) is 17.5. The molecule has 9 nitrogen and oxygen atoms in total. The van der Waals surface area contributed by atoms with Gasteiger partial charge in [-0.25, -0.2) is 4.98 Å². The predicted octanol–water partition coefficient (Wildman–Crippen LogP) is 2.42. The van der Waals surface area contributed by atoms with E-state index in [9.17, 15) is 4.79 Å². The Morgan fingerprint density at radius 2 is 1.84 bits per heavy atom. The van der Waals surface area contributed by atoms with Gasteiger partial charge in [-0.2, -0.15) is 0 Å². The molecule has 0 aliphatic carbocycles. The second-order valence-electron chi connectivity index (χ2n) is 7.11. The SMILES string of the molecule is O=C(CSc1nnc([C@@H]2COc3ccccc3O2)o1)N1CCN(c2ccccn2)CC1. The Labute approximate surface area is 183 Å². The summed E-state index contributed by atoms with van der Waals surface area (Å²) in [5.41, 5.74) is 0. The van der Waals surface area contributed by atoms with E-state index in [1.165, 1.54) is 11.8 Å². The van der Waals surface area contributed by atoms with E-state index in [4.69, 9.17) is 13.9 Å². The summed E-state index contributed by atoms with van der Waals surface area (Å²) in [7, 11) is 0. The maximum Gasteiger partial charge on any atom is 0.277 e. The number of hydrogen-bond acceptors (Lipinski definition) is 9. The largest absolute Gasteiger partial charge is 0.485 e. The van der Waals surface area contributed by atoms with Crippen molar-refractivity contribution in [3.63, 3.8) is 0 Å². The van der Waals surface area contributed by atoms with Gasteiger partial charge in [-0.1, -0.05) is 30.0 Å². The number of anilines is 1. The standard InChI is InChI=1S/C21H21N5O4S/c27-19(26-11-9-25(10-12-26)18-7-3-4-8-22-18)14-31-21-24-23-20(30-21)17-13-28-15-5-1-2-6-16(15)29-17/h1-8,17H,9-14H2/t17-/m0/s1. The molecule has 2 aliphatic heterocycles. The van der Waals surface area contributed by atoms with Gasteiger partial charge in [0.05, 0.1) is 5.75 Å². The molecular weight excluding hydrogens is 418 g/mol. The molecular formula is C21H21N5O4S. The van der Waals surface area contributed by atoms with Crippen molar-refractivity contribution in [3.8, 4) is 11.5 Å². The highest BCUT2D eigenvalue weighted by atomic mass is 32.2. The first-order chi connectivity index (χ1) is 15.3. The van der Waals surface area contributed by atoms with Gasteiger partial charge in [-0.15, -0.1) is 10.2 Å². The van der Waals surface area contributed by atoms with Crippen molar-refractivity contribution in [2.75, 3.05) is 43.4 Å². The number of fused-ring (bicyclic) bond motifs is 1. The normalized spacial score (nSPS) is 18.1. The molecule has 0 N–H and O–H groups in total. The van der Waals surface area contributed by atoms with Crippen LogP contribution in [-0.4, -0.2) is 64.5 Å². The zero-order valence-electron chi connectivity index (χ0n) is 16.7. The second kappa shape index (κ2) is 8.84. The number of rotatable bonds is 5. The van der Waals surface area contributed by atoms with Crippen LogP contribution in [-0.2, 0) is 4.79 Å². The van der Waals surface area contributed by atoms with Crippen molar-refractivity contribution in [2.24, 2.45) is 0 Å². The number of para-hydroxylation sites is 2. The number of hydrogen-bond donors (Lipinski definition) is 0. The van der Waals surface area contributed by atoms with Gasteiger partial charge >= 0.3 is 0 Å². The molecule has 2 aliphatic rings. The van der Waals surface area contributed by atoms with Crippen LogP contribution in [0.4, 0.5) is 5.82 Å². The highest BCUT2D eigenvalue weighted by molar-refractivity contribution is 7.99. The van der Waals surface area contributed by atoms with Crippen LogP contribution in [0.2, 0.25) is 0 Å². The molecule has 0 saturated carbocycles. The van der Waals surface area contributed by atoms with Crippen molar-refractivity contribution in [1.29, 1.82) is 0 Å².